The van der Waals surface area contributed by atoms with Crippen molar-refractivity contribution >= 4 is 34.3 Å². The smallest absolute Gasteiger partial charge is 0.253 e. The van der Waals surface area contributed by atoms with Crippen LogP contribution in [0.3, 0.4) is 0 Å². The summed E-state index contributed by atoms with van der Waals surface area (Å²) < 4.78 is 0. The Kier molecular flexibility index (Phi) is 4.03. The number of nitrogens with one attached hydrogen (secondary N) is 3. The first-order valence-corrected chi connectivity index (χ1v) is 7.23. The lowest BCUT2D eigenvalue weighted by molar-refractivity contribution is 0.472. The standard InChI is InChI=1S/C15H14ClN5O2/c1-17-13-12(22)7-19-15(21-13)18-6-9-4-8-5-10(16)2-3-11(8)20-14(9)23/h2-5,7,22H,6H2,1H3,(H,20,23)(H2,17,18,19,21). The van der Waals surface area contributed by atoms with Gasteiger partial charge in [0.25, 0.3) is 5.56 Å². The molecular formula is C15H14ClN5O2. The molecule has 0 aliphatic carbocycles. The van der Waals surface area contributed by atoms with Crippen LogP contribution in [0.2, 0.25) is 5.02 Å². The molecule has 0 saturated carbocycles. The normalized spacial score (nSPS) is 10.7. The van der Waals surface area contributed by atoms with Crippen LogP contribution in [0, 0.1) is 0 Å². The van der Waals surface area contributed by atoms with E-state index in [1.807, 2.05) is 0 Å². The van der Waals surface area contributed by atoms with Crippen LogP contribution in [0.5, 0.6) is 5.75 Å². The SMILES string of the molecule is CNc1nc(NCc2cc3cc(Cl)ccc3[nH]c2=O)ncc1O. The maximum Gasteiger partial charge on any atom is 0.253 e. The first-order valence-electron chi connectivity index (χ1n) is 6.86. The molecular weight excluding hydrogens is 318 g/mol. The van der Waals surface area contributed by atoms with Crippen LogP contribution >= 0.6 is 11.6 Å². The second-order valence-electron chi connectivity index (χ2n) is 4.89. The van der Waals surface area contributed by atoms with E-state index in [2.05, 4.69) is 25.6 Å². The Hall–Kier alpha value is -2.80. The highest BCUT2D eigenvalue weighted by Crippen LogP contribution is 2.20. The minimum atomic E-state index is -0.194. The van der Waals surface area contributed by atoms with Gasteiger partial charge >= 0.3 is 0 Å². The minimum absolute atomic E-state index is 0.0451. The van der Waals surface area contributed by atoms with E-state index in [-0.39, 0.29) is 17.9 Å². The van der Waals surface area contributed by atoms with Crippen LogP contribution < -0.4 is 16.2 Å². The number of fused-ring (bicyclic) bond motifs is 1. The first kappa shape index (κ1) is 15.1. The Bertz CT molecular complexity index is 925. The van der Waals surface area contributed by atoms with Gasteiger partial charge in [-0.2, -0.15) is 4.98 Å². The molecule has 2 heterocycles. The summed E-state index contributed by atoms with van der Waals surface area (Å²) in [5, 5.41) is 16.7. The van der Waals surface area contributed by atoms with Gasteiger partial charge < -0.3 is 20.7 Å². The zero-order valence-electron chi connectivity index (χ0n) is 12.2. The van der Waals surface area contributed by atoms with E-state index >= 15 is 0 Å². The monoisotopic (exact) mass is 331 g/mol. The van der Waals surface area contributed by atoms with Gasteiger partial charge in [-0.05, 0) is 24.3 Å². The van der Waals surface area contributed by atoms with Crippen LogP contribution in [0.4, 0.5) is 11.8 Å². The van der Waals surface area contributed by atoms with Crippen molar-refractivity contribution in [2.45, 2.75) is 6.54 Å². The highest BCUT2D eigenvalue weighted by atomic mass is 35.5. The number of benzene rings is 1. The molecule has 0 fully saturated rings. The lowest BCUT2D eigenvalue weighted by Gasteiger charge is -2.08. The maximum absolute atomic E-state index is 12.1. The number of nitrogens with zero attached hydrogens (tertiary/aromatic N) is 2. The molecule has 23 heavy (non-hydrogen) atoms. The minimum Gasteiger partial charge on any atom is -0.503 e. The summed E-state index contributed by atoms with van der Waals surface area (Å²) in [6, 6.07) is 7.04. The van der Waals surface area contributed by atoms with Crippen molar-refractivity contribution in [3.8, 4) is 5.75 Å². The second-order valence-corrected chi connectivity index (χ2v) is 5.32. The summed E-state index contributed by atoms with van der Waals surface area (Å²) in [7, 11) is 1.64. The number of hydrogen-bond acceptors (Lipinski definition) is 6. The highest BCUT2D eigenvalue weighted by Gasteiger charge is 2.07. The Morgan fingerprint density at radius 1 is 1.35 bits per heavy atom. The number of anilines is 2. The number of pyridine rings is 1. The number of aromatic nitrogens is 3. The fraction of sp³-hybridized carbons (Fsp3) is 0.133. The van der Waals surface area contributed by atoms with Gasteiger partial charge in [-0.3, -0.25) is 4.79 Å². The fourth-order valence-corrected chi connectivity index (χ4v) is 2.35. The molecule has 0 radical (unpaired) electrons. The predicted molar refractivity (Wildman–Crippen MR) is 90.1 cm³/mol. The summed E-state index contributed by atoms with van der Waals surface area (Å²) in [4.78, 5) is 23.0. The summed E-state index contributed by atoms with van der Waals surface area (Å²) >= 11 is 5.97. The van der Waals surface area contributed by atoms with Crippen LogP contribution in [0.1, 0.15) is 5.56 Å². The third-order valence-electron chi connectivity index (χ3n) is 3.33. The highest BCUT2D eigenvalue weighted by molar-refractivity contribution is 6.31. The van der Waals surface area contributed by atoms with Crippen molar-refractivity contribution in [3.05, 3.63) is 51.4 Å². The van der Waals surface area contributed by atoms with E-state index in [9.17, 15) is 9.90 Å². The van der Waals surface area contributed by atoms with E-state index in [1.165, 1.54) is 6.20 Å². The fourth-order valence-electron chi connectivity index (χ4n) is 2.17. The zero-order chi connectivity index (χ0) is 16.4. The molecule has 0 aliphatic rings. The molecule has 7 nitrogen and oxygen atoms in total. The van der Waals surface area contributed by atoms with Gasteiger partial charge in [-0.15, -0.1) is 0 Å². The third-order valence-corrected chi connectivity index (χ3v) is 3.56. The Morgan fingerprint density at radius 2 is 2.17 bits per heavy atom. The topological polar surface area (TPSA) is 103 Å². The Balaban J connectivity index is 1.86. The zero-order valence-corrected chi connectivity index (χ0v) is 13.0. The van der Waals surface area contributed by atoms with Crippen molar-refractivity contribution in [3.63, 3.8) is 0 Å². The molecule has 0 bridgehead atoms. The molecule has 0 unspecified atom stereocenters. The number of aromatic amines is 1. The van der Waals surface area contributed by atoms with Crippen LogP contribution in [-0.4, -0.2) is 27.1 Å². The van der Waals surface area contributed by atoms with E-state index < -0.39 is 0 Å². The first-order chi connectivity index (χ1) is 11.1. The summed E-state index contributed by atoms with van der Waals surface area (Å²) in [5.41, 5.74) is 1.06. The molecule has 0 saturated heterocycles. The van der Waals surface area contributed by atoms with Gasteiger partial charge in [-0.1, -0.05) is 11.6 Å². The van der Waals surface area contributed by atoms with Crippen molar-refractivity contribution in [1.82, 2.24) is 15.0 Å². The van der Waals surface area contributed by atoms with Gasteiger partial charge in [-0.25, -0.2) is 4.98 Å². The molecule has 3 rings (SSSR count). The predicted octanol–water partition coefficient (Wildman–Crippen LogP) is 2.33. The van der Waals surface area contributed by atoms with Crippen molar-refractivity contribution in [2.75, 3.05) is 17.7 Å². The third kappa shape index (κ3) is 3.19. The molecule has 8 heteroatoms. The summed E-state index contributed by atoms with van der Waals surface area (Å²) in [5.74, 6) is 0.565. The number of aromatic hydroxyl groups is 1. The van der Waals surface area contributed by atoms with E-state index in [4.69, 9.17) is 11.6 Å². The number of rotatable bonds is 4. The van der Waals surface area contributed by atoms with Gasteiger partial charge in [0.1, 0.15) is 0 Å². The molecule has 0 atom stereocenters. The molecule has 118 valence electrons. The Morgan fingerprint density at radius 3 is 2.96 bits per heavy atom. The lowest BCUT2D eigenvalue weighted by atomic mass is 10.1. The molecule has 3 aromatic rings. The molecule has 1 aromatic carbocycles. The molecule has 0 spiro atoms. The van der Waals surface area contributed by atoms with Crippen LogP contribution in [0.15, 0.2) is 35.3 Å². The second kappa shape index (κ2) is 6.13. The Labute approximate surface area is 136 Å². The molecule has 0 aliphatic heterocycles. The van der Waals surface area contributed by atoms with Crippen LogP contribution in [0.25, 0.3) is 10.9 Å². The number of hydrogen-bond donors (Lipinski definition) is 4. The van der Waals surface area contributed by atoms with Crippen LogP contribution in [-0.2, 0) is 6.54 Å². The van der Waals surface area contributed by atoms with E-state index in [1.54, 1.807) is 31.3 Å². The van der Waals surface area contributed by atoms with E-state index in [0.29, 0.717) is 22.4 Å². The van der Waals surface area contributed by atoms with Gasteiger partial charge in [0.2, 0.25) is 5.95 Å². The average Bonchev–Trinajstić information content (AvgIpc) is 2.54. The quantitative estimate of drug-likeness (QED) is 0.585. The molecule has 4 N–H and O–H groups in total. The van der Waals surface area contributed by atoms with Crippen molar-refractivity contribution in [1.29, 1.82) is 0 Å². The average molecular weight is 332 g/mol. The maximum atomic E-state index is 12.1. The molecule has 2 aromatic heterocycles. The molecule has 0 amide bonds. The van der Waals surface area contributed by atoms with Gasteiger partial charge in [0, 0.05) is 35.1 Å². The van der Waals surface area contributed by atoms with E-state index in [0.717, 1.165) is 10.9 Å². The summed E-state index contributed by atoms with van der Waals surface area (Å²) in [6.45, 7) is 0.242. The van der Waals surface area contributed by atoms with Crippen molar-refractivity contribution in [2.24, 2.45) is 0 Å². The summed E-state index contributed by atoms with van der Waals surface area (Å²) in [6.07, 6.45) is 1.28. The lowest BCUT2D eigenvalue weighted by Crippen LogP contribution is -2.16. The number of halogens is 1. The number of H-pyrrole nitrogens is 1. The van der Waals surface area contributed by atoms with Gasteiger partial charge in [0.15, 0.2) is 11.6 Å². The largest absolute Gasteiger partial charge is 0.503 e. The van der Waals surface area contributed by atoms with Crippen molar-refractivity contribution < 1.29 is 5.11 Å². The van der Waals surface area contributed by atoms with Gasteiger partial charge in [0.05, 0.1) is 6.20 Å².